The largest absolute Gasteiger partial charge is 0.297 e. The average Bonchev–Trinajstić information content (AvgIpc) is 2.63. The van der Waals surface area contributed by atoms with Crippen LogP contribution < -0.4 is 4.90 Å². The van der Waals surface area contributed by atoms with E-state index in [4.69, 9.17) is 11.6 Å². The molecule has 0 spiro atoms. The number of carbonyl (C=O) groups excluding carboxylic acids is 1. The zero-order chi connectivity index (χ0) is 11.5. The van der Waals surface area contributed by atoms with Crippen molar-refractivity contribution in [3.05, 3.63) is 36.0 Å². The van der Waals surface area contributed by atoms with E-state index in [2.05, 4.69) is 11.6 Å². The van der Waals surface area contributed by atoms with Crippen molar-refractivity contribution >= 4 is 23.3 Å². The second-order valence-electron chi connectivity index (χ2n) is 3.83. The Balaban J connectivity index is 2.15. The molecule has 4 heteroatoms. The minimum Gasteiger partial charge on any atom is -0.297 e. The minimum absolute atomic E-state index is 0.0648. The summed E-state index contributed by atoms with van der Waals surface area (Å²) in [6.07, 6.45) is 4.96. The molecule has 0 aliphatic carbocycles. The van der Waals surface area contributed by atoms with Crippen LogP contribution in [-0.4, -0.2) is 17.4 Å². The van der Waals surface area contributed by atoms with E-state index < -0.39 is 0 Å². The van der Waals surface area contributed by atoms with Crippen LogP contribution in [0.4, 0.5) is 5.82 Å². The van der Waals surface area contributed by atoms with Crippen LogP contribution in [0.25, 0.3) is 0 Å². The topological polar surface area (TPSA) is 33.2 Å². The summed E-state index contributed by atoms with van der Waals surface area (Å²) < 4.78 is 0. The normalized spacial score (nSPS) is 20.2. The molecule has 84 valence electrons. The SMILES string of the molecule is C=CC[C@H]1CCN(c2ccc(Cl)cn2)C1=O. The Hall–Kier alpha value is -1.35. The van der Waals surface area contributed by atoms with Gasteiger partial charge in [-0.1, -0.05) is 17.7 Å². The quantitative estimate of drug-likeness (QED) is 0.756. The molecule has 1 saturated heterocycles. The molecule has 2 rings (SSSR count). The minimum atomic E-state index is 0.0648. The van der Waals surface area contributed by atoms with Gasteiger partial charge in [-0.15, -0.1) is 6.58 Å². The van der Waals surface area contributed by atoms with Crippen molar-refractivity contribution in [2.45, 2.75) is 12.8 Å². The number of aromatic nitrogens is 1. The highest BCUT2D eigenvalue weighted by Crippen LogP contribution is 2.26. The Labute approximate surface area is 99.7 Å². The fourth-order valence-electron chi connectivity index (χ4n) is 1.91. The van der Waals surface area contributed by atoms with Crippen LogP contribution in [0.3, 0.4) is 0 Å². The second kappa shape index (κ2) is 4.66. The Morgan fingerprint density at radius 3 is 3.06 bits per heavy atom. The fourth-order valence-corrected chi connectivity index (χ4v) is 2.03. The molecule has 0 radical (unpaired) electrons. The molecule has 1 aliphatic rings. The molecule has 1 amide bonds. The maximum atomic E-state index is 12.0. The monoisotopic (exact) mass is 236 g/mol. The van der Waals surface area contributed by atoms with Gasteiger partial charge in [-0.25, -0.2) is 4.98 Å². The molecule has 0 aromatic carbocycles. The first-order chi connectivity index (χ1) is 7.72. The summed E-state index contributed by atoms with van der Waals surface area (Å²) in [4.78, 5) is 17.9. The van der Waals surface area contributed by atoms with Crippen molar-refractivity contribution in [3.8, 4) is 0 Å². The summed E-state index contributed by atoms with van der Waals surface area (Å²) in [6, 6.07) is 3.52. The van der Waals surface area contributed by atoms with E-state index >= 15 is 0 Å². The maximum absolute atomic E-state index is 12.0. The highest BCUT2D eigenvalue weighted by atomic mass is 35.5. The number of hydrogen-bond donors (Lipinski definition) is 0. The van der Waals surface area contributed by atoms with Crippen LogP contribution in [0.2, 0.25) is 5.02 Å². The summed E-state index contributed by atoms with van der Waals surface area (Å²) in [5.74, 6) is 0.880. The van der Waals surface area contributed by atoms with Crippen molar-refractivity contribution < 1.29 is 4.79 Å². The standard InChI is InChI=1S/C12H13ClN2O/c1-2-3-9-6-7-15(12(9)16)11-5-4-10(13)8-14-11/h2,4-5,8-9H,1,3,6-7H2/t9-/m0/s1. The van der Waals surface area contributed by atoms with Crippen LogP contribution >= 0.6 is 11.6 Å². The van der Waals surface area contributed by atoms with E-state index in [0.717, 1.165) is 19.4 Å². The van der Waals surface area contributed by atoms with Crippen molar-refractivity contribution in [2.75, 3.05) is 11.4 Å². The fraction of sp³-hybridized carbons (Fsp3) is 0.333. The van der Waals surface area contributed by atoms with Gasteiger partial charge < -0.3 is 0 Å². The first kappa shape index (κ1) is 11.1. The first-order valence-corrected chi connectivity index (χ1v) is 5.64. The molecule has 0 saturated carbocycles. The lowest BCUT2D eigenvalue weighted by Crippen LogP contribution is -2.27. The van der Waals surface area contributed by atoms with Crippen molar-refractivity contribution in [1.29, 1.82) is 0 Å². The lowest BCUT2D eigenvalue weighted by Gasteiger charge is -2.15. The molecular weight excluding hydrogens is 224 g/mol. The van der Waals surface area contributed by atoms with Crippen LogP contribution in [-0.2, 0) is 4.79 Å². The molecule has 0 unspecified atom stereocenters. The summed E-state index contributed by atoms with van der Waals surface area (Å²) >= 11 is 5.75. The Bertz CT molecular complexity index is 402. The number of rotatable bonds is 3. The third-order valence-corrected chi connectivity index (χ3v) is 2.98. The molecule has 1 aromatic rings. The van der Waals surface area contributed by atoms with E-state index in [9.17, 15) is 4.79 Å². The highest BCUT2D eigenvalue weighted by Gasteiger charge is 2.31. The van der Waals surface area contributed by atoms with Crippen LogP contribution in [0.15, 0.2) is 31.0 Å². The van der Waals surface area contributed by atoms with Gasteiger partial charge in [0, 0.05) is 18.7 Å². The number of allylic oxidation sites excluding steroid dienone is 1. The molecule has 1 aromatic heterocycles. The van der Waals surface area contributed by atoms with Gasteiger partial charge in [0.1, 0.15) is 5.82 Å². The number of halogens is 1. The van der Waals surface area contributed by atoms with E-state index in [1.807, 2.05) is 0 Å². The van der Waals surface area contributed by atoms with Crippen molar-refractivity contribution in [3.63, 3.8) is 0 Å². The summed E-state index contributed by atoms with van der Waals surface area (Å²) in [6.45, 7) is 4.39. The second-order valence-corrected chi connectivity index (χ2v) is 4.27. The smallest absolute Gasteiger partial charge is 0.231 e. The predicted octanol–water partition coefficient (Wildman–Crippen LogP) is 2.66. The third kappa shape index (κ3) is 2.09. The van der Waals surface area contributed by atoms with Crippen molar-refractivity contribution in [1.82, 2.24) is 4.98 Å². The van der Waals surface area contributed by atoms with Crippen LogP contribution in [0, 0.1) is 5.92 Å². The molecule has 0 bridgehead atoms. The molecule has 1 aliphatic heterocycles. The summed E-state index contributed by atoms with van der Waals surface area (Å²) in [5.41, 5.74) is 0. The summed E-state index contributed by atoms with van der Waals surface area (Å²) in [5, 5.41) is 0.582. The number of carbonyl (C=O) groups is 1. The molecule has 1 atom stereocenters. The van der Waals surface area contributed by atoms with Gasteiger partial charge in [0.05, 0.1) is 5.02 Å². The molecule has 2 heterocycles. The van der Waals surface area contributed by atoms with Gasteiger partial charge in [0.25, 0.3) is 0 Å². The van der Waals surface area contributed by atoms with Gasteiger partial charge in [-0.3, -0.25) is 9.69 Å². The molecule has 1 fully saturated rings. The lowest BCUT2D eigenvalue weighted by atomic mass is 10.0. The molecule has 3 nitrogen and oxygen atoms in total. The Morgan fingerprint density at radius 1 is 1.62 bits per heavy atom. The number of nitrogens with zero attached hydrogens (tertiary/aromatic N) is 2. The third-order valence-electron chi connectivity index (χ3n) is 2.76. The van der Waals surface area contributed by atoms with E-state index in [-0.39, 0.29) is 11.8 Å². The molecule has 0 N–H and O–H groups in total. The van der Waals surface area contributed by atoms with Gasteiger partial charge in [-0.05, 0) is 25.0 Å². The Kier molecular flexibility index (Phi) is 3.25. The first-order valence-electron chi connectivity index (χ1n) is 5.26. The number of pyridine rings is 1. The average molecular weight is 237 g/mol. The molecular formula is C12H13ClN2O. The van der Waals surface area contributed by atoms with Crippen LogP contribution in [0.5, 0.6) is 0 Å². The van der Waals surface area contributed by atoms with Gasteiger partial charge >= 0.3 is 0 Å². The van der Waals surface area contributed by atoms with Crippen LogP contribution in [0.1, 0.15) is 12.8 Å². The van der Waals surface area contributed by atoms with Gasteiger partial charge in [0.15, 0.2) is 0 Å². The Morgan fingerprint density at radius 2 is 2.44 bits per heavy atom. The predicted molar refractivity (Wildman–Crippen MR) is 64.5 cm³/mol. The zero-order valence-electron chi connectivity index (χ0n) is 8.90. The van der Waals surface area contributed by atoms with Gasteiger partial charge in [0.2, 0.25) is 5.91 Å². The van der Waals surface area contributed by atoms with E-state index in [0.29, 0.717) is 10.8 Å². The number of hydrogen-bond acceptors (Lipinski definition) is 2. The number of anilines is 1. The summed E-state index contributed by atoms with van der Waals surface area (Å²) in [7, 11) is 0. The molecule has 16 heavy (non-hydrogen) atoms. The van der Waals surface area contributed by atoms with E-state index in [1.165, 1.54) is 0 Å². The van der Waals surface area contributed by atoms with E-state index in [1.54, 1.807) is 29.3 Å². The maximum Gasteiger partial charge on any atom is 0.231 e. The zero-order valence-corrected chi connectivity index (χ0v) is 9.65. The lowest BCUT2D eigenvalue weighted by molar-refractivity contribution is -0.120. The van der Waals surface area contributed by atoms with Crippen molar-refractivity contribution in [2.24, 2.45) is 5.92 Å². The highest BCUT2D eigenvalue weighted by molar-refractivity contribution is 6.30. The van der Waals surface area contributed by atoms with Gasteiger partial charge in [-0.2, -0.15) is 0 Å². The number of amides is 1.